The number of pyridine rings is 2. The van der Waals surface area contributed by atoms with Gasteiger partial charge >= 0.3 is 0 Å². The van der Waals surface area contributed by atoms with E-state index in [9.17, 15) is 0 Å². The van der Waals surface area contributed by atoms with Crippen LogP contribution in [0.15, 0.2) is 138 Å². The first-order chi connectivity index (χ1) is 23.9. The topological polar surface area (TPSA) is 56.7 Å². The number of imidazole rings is 1. The number of para-hydroxylation sites is 1. The Balaban J connectivity index is 0.000000196. The number of hydrogen-bond acceptors (Lipinski definition) is 4. The number of hydrogen-bond donors (Lipinski definition) is 0. The van der Waals surface area contributed by atoms with E-state index in [4.69, 9.17) is 9.40 Å². The molecule has 0 atom stereocenters. The molecule has 0 aliphatic rings. The van der Waals surface area contributed by atoms with Crippen LogP contribution in [0.1, 0.15) is 5.69 Å². The Morgan fingerprint density at radius 2 is 1.46 bits per heavy atom. The minimum absolute atomic E-state index is 0. The molecule has 5 nitrogen and oxygen atoms in total. The van der Waals surface area contributed by atoms with Gasteiger partial charge in [0.2, 0.25) is 0 Å². The average Bonchev–Trinajstić information content (AvgIpc) is 3.73. The predicted molar refractivity (Wildman–Crippen MR) is 204 cm³/mol. The summed E-state index contributed by atoms with van der Waals surface area (Å²) < 4.78 is 8.74. The van der Waals surface area contributed by atoms with Crippen molar-refractivity contribution in [3.63, 3.8) is 0 Å². The van der Waals surface area contributed by atoms with Crippen LogP contribution in [0.2, 0.25) is 19.6 Å². The third-order valence-corrected chi connectivity index (χ3v) is 11.0. The molecule has 0 saturated heterocycles. The van der Waals surface area contributed by atoms with Gasteiger partial charge in [0.1, 0.15) is 5.58 Å². The number of rotatable bonds is 4. The second-order valence-electron chi connectivity index (χ2n) is 13.2. The maximum atomic E-state index is 6.57. The molecule has 7 heteroatoms. The molecule has 50 heavy (non-hydrogen) atoms. The normalized spacial score (nSPS) is 11.4. The summed E-state index contributed by atoms with van der Waals surface area (Å²) in [7, 11) is -1.23. The Hall–Kier alpha value is -5.20. The summed E-state index contributed by atoms with van der Waals surface area (Å²) in [6.07, 6.45) is 3.85. The fraction of sp³-hybridized carbons (Fsp3) is 0.0930. The number of aromatic nitrogens is 4. The Labute approximate surface area is 306 Å². The van der Waals surface area contributed by atoms with Crippen LogP contribution >= 0.6 is 0 Å². The fourth-order valence-corrected chi connectivity index (χ4v) is 7.36. The second-order valence-corrected chi connectivity index (χ2v) is 18.3. The summed E-state index contributed by atoms with van der Waals surface area (Å²) in [5.41, 5.74) is 8.41. The standard InChI is InChI=1S/C29H18N3O.C14H16NSi.Ir/c1-18-26-25(16-17-30-18)32(20-9-3-2-4-10-20)29(31-26)24-13-7-12-22-23-15-14-19-8-5-6-11-21(19)27(23)33-28(22)24;1-16(2,3)13-9-10-14(15-11-13)12-7-5-4-6-8-12;/h2-12,14-17H,1H3;4-7,9-11H,1-3H3;/q2*-1;. The van der Waals surface area contributed by atoms with Crippen LogP contribution in [0.3, 0.4) is 0 Å². The first-order valence-electron chi connectivity index (χ1n) is 16.4. The molecule has 0 unspecified atom stereocenters. The molecule has 0 amide bonds. The van der Waals surface area contributed by atoms with Gasteiger partial charge in [-0.3, -0.25) is 9.97 Å². The molecule has 0 spiro atoms. The van der Waals surface area contributed by atoms with Gasteiger partial charge in [0.15, 0.2) is 0 Å². The van der Waals surface area contributed by atoms with Gasteiger partial charge < -0.3 is 14.0 Å². The van der Waals surface area contributed by atoms with Gasteiger partial charge in [-0.05, 0) is 41.4 Å². The summed E-state index contributed by atoms with van der Waals surface area (Å²) in [4.78, 5) is 14.0. The molecule has 0 fully saturated rings. The zero-order valence-electron chi connectivity index (χ0n) is 28.2. The number of aryl methyl sites for hydroxylation is 1. The summed E-state index contributed by atoms with van der Waals surface area (Å²) in [6.45, 7) is 8.99. The number of fused-ring (bicyclic) bond motifs is 6. The van der Waals surface area contributed by atoms with E-state index < -0.39 is 8.07 Å². The van der Waals surface area contributed by atoms with Crippen molar-refractivity contribution in [1.82, 2.24) is 19.5 Å². The van der Waals surface area contributed by atoms with Gasteiger partial charge in [-0.1, -0.05) is 97.3 Å². The Morgan fingerprint density at radius 3 is 2.22 bits per heavy atom. The van der Waals surface area contributed by atoms with Crippen molar-refractivity contribution in [3.05, 3.63) is 152 Å². The van der Waals surface area contributed by atoms with Crippen molar-refractivity contribution in [2.45, 2.75) is 26.6 Å². The van der Waals surface area contributed by atoms with Crippen molar-refractivity contribution in [1.29, 1.82) is 0 Å². The van der Waals surface area contributed by atoms with E-state index in [2.05, 4.69) is 107 Å². The first-order valence-corrected chi connectivity index (χ1v) is 19.9. The Morgan fingerprint density at radius 1 is 0.680 bits per heavy atom. The molecule has 1 radical (unpaired) electrons. The minimum Gasteiger partial charge on any atom is -0.500 e. The van der Waals surface area contributed by atoms with Gasteiger partial charge in [-0.25, -0.2) is 0 Å². The average molecular weight is 843 g/mol. The van der Waals surface area contributed by atoms with E-state index in [1.807, 2.05) is 80.0 Å². The molecule has 0 N–H and O–H groups in total. The largest absolute Gasteiger partial charge is 0.500 e. The van der Waals surface area contributed by atoms with Crippen LogP contribution in [0.25, 0.3) is 72.1 Å². The van der Waals surface area contributed by atoms with E-state index >= 15 is 0 Å². The molecule has 4 heterocycles. The third kappa shape index (κ3) is 6.09. The molecular formula is C43H34IrN4OSi-2. The van der Waals surface area contributed by atoms with E-state index in [1.54, 1.807) is 0 Å². The molecule has 9 aromatic rings. The number of nitrogens with zero attached hydrogens (tertiary/aromatic N) is 4. The van der Waals surface area contributed by atoms with E-state index in [0.717, 1.165) is 77.8 Å². The summed E-state index contributed by atoms with van der Waals surface area (Å²) in [5.74, 6) is 0.793. The Bertz CT molecular complexity index is 2590. The van der Waals surface area contributed by atoms with Crippen LogP contribution < -0.4 is 5.19 Å². The zero-order valence-corrected chi connectivity index (χ0v) is 31.6. The molecule has 0 saturated carbocycles. The number of benzene rings is 5. The minimum atomic E-state index is -1.23. The fourth-order valence-electron chi connectivity index (χ4n) is 6.32. The SMILES string of the molecule is C[Si](C)(C)c1ccc(-c2[c-]cccc2)nc1.Cc1nccc2c1nc(-c1[c-]ccc3c1oc1c4ccccc4ccc31)n2-c1ccccc1.[Ir]. The number of furan rings is 1. The van der Waals surface area contributed by atoms with Crippen molar-refractivity contribution in [3.8, 4) is 28.3 Å². The monoisotopic (exact) mass is 843 g/mol. The van der Waals surface area contributed by atoms with Crippen LogP contribution in [0.5, 0.6) is 0 Å². The Kier molecular flexibility index (Phi) is 9.06. The second kappa shape index (κ2) is 13.6. The van der Waals surface area contributed by atoms with Crippen molar-refractivity contribution >= 4 is 57.0 Å². The van der Waals surface area contributed by atoms with Crippen LogP contribution in [-0.2, 0) is 20.1 Å². The van der Waals surface area contributed by atoms with Gasteiger partial charge in [0.25, 0.3) is 0 Å². The smallest absolute Gasteiger partial charge is 0.128 e. The van der Waals surface area contributed by atoms with Gasteiger partial charge in [0, 0.05) is 49.0 Å². The summed E-state index contributed by atoms with van der Waals surface area (Å²) in [6, 6.07) is 47.8. The van der Waals surface area contributed by atoms with Crippen molar-refractivity contribution < 1.29 is 24.5 Å². The maximum Gasteiger partial charge on any atom is 0.128 e. The quantitative estimate of drug-likeness (QED) is 0.131. The molecule has 0 aliphatic heterocycles. The van der Waals surface area contributed by atoms with E-state index in [-0.39, 0.29) is 20.1 Å². The molecule has 0 aliphatic carbocycles. The molecule has 5 aromatic carbocycles. The zero-order chi connectivity index (χ0) is 33.5. The van der Waals surface area contributed by atoms with Crippen LogP contribution in [0, 0.1) is 19.1 Å². The van der Waals surface area contributed by atoms with Crippen LogP contribution in [-0.4, -0.2) is 27.6 Å². The van der Waals surface area contributed by atoms with E-state index in [1.165, 1.54) is 5.19 Å². The third-order valence-electron chi connectivity index (χ3n) is 8.93. The van der Waals surface area contributed by atoms with Crippen LogP contribution in [0.4, 0.5) is 0 Å². The molecular weight excluding hydrogens is 809 g/mol. The first kappa shape index (κ1) is 33.3. The molecule has 0 bridgehead atoms. The van der Waals surface area contributed by atoms with Gasteiger partial charge in [-0.15, -0.1) is 54.1 Å². The predicted octanol–water partition coefficient (Wildman–Crippen LogP) is 10.3. The summed E-state index contributed by atoms with van der Waals surface area (Å²) >= 11 is 0. The molecule has 9 rings (SSSR count). The van der Waals surface area contributed by atoms with Crippen molar-refractivity contribution in [2.75, 3.05) is 0 Å². The van der Waals surface area contributed by atoms with Crippen molar-refractivity contribution in [2.24, 2.45) is 0 Å². The summed E-state index contributed by atoms with van der Waals surface area (Å²) in [5, 5.41) is 5.82. The maximum absolute atomic E-state index is 6.57. The molecule has 4 aromatic heterocycles. The van der Waals surface area contributed by atoms with Gasteiger partial charge in [0.05, 0.1) is 36.2 Å². The van der Waals surface area contributed by atoms with Gasteiger partial charge in [-0.2, -0.15) is 0 Å². The van der Waals surface area contributed by atoms with E-state index in [0.29, 0.717) is 0 Å². The molecule has 247 valence electrons.